The lowest BCUT2D eigenvalue weighted by molar-refractivity contribution is -0.114. The number of nitrogens with zero attached hydrogens (tertiary/aromatic N) is 1. The van der Waals surface area contributed by atoms with Gasteiger partial charge in [0.1, 0.15) is 0 Å². The lowest BCUT2D eigenvalue weighted by Crippen LogP contribution is -2.45. The topological polar surface area (TPSA) is 48.0 Å². The molecule has 2 heterocycles. The van der Waals surface area contributed by atoms with E-state index in [0.29, 0.717) is 6.42 Å². The highest BCUT2D eigenvalue weighted by atomic mass is 35.5. The summed E-state index contributed by atoms with van der Waals surface area (Å²) in [6.45, 7) is 6.06. The SMILES string of the molecule is CC1CN(c2cc(C3=CC(=O)CC3)cc3c2OCO3)CC(C)O1.Cl. The number of hydrogen-bond donors (Lipinski definition) is 0. The summed E-state index contributed by atoms with van der Waals surface area (Å²) in [6, 6.07) is 4.12. The van der Waals surface area contributed by atoms with Crippen LogP contribution >= 0.6 is 12.4 Å². The Labute approximate surface area is 148 Å². The molecule has 1 aliphatic carbocycles. The number of carbonyl (C=O) groups excluding carboxylic acids is 1. The number of fused-ring (bicyclic) bond motifs is 1. The van der Waals surface area contributed by atoms with Gasteiger partial charge in [-0.05, 0) is 49.6 Å². The van der Waals surface area contributed by atoms with Crippen LogP contribution in [0.1, 0.15) is 32.3 Å². The molecular formula is C18H22ClNO4. The van der Waals surface area contributed by atoms with E-state index >= 15 is 0 Å². The van der Waals surface area contributed by atoms with Crippen molar-refractivity contribution in [3.05, 3.63) is 23.8 Å². The van der Waals surface area contributed by atoms with E-state index in [4.69, 9.17) is 14.2 Å². The van der Waals surface area contributed by atoms with E-state index in [1.54, 1.807) is 6.08 Å². The molecule has 2 aliphatic heterocycles. The molecule has 4 rings (SSSR count). The molecule has 1 aromatic rings. The fourth-order valence-corrected chi connectivity index (χ4v) is 3.61. The van der Waals surface area contributed by atoms with Crippen LogP contribution < -0.4 is 14.4 Å². The third kappa shape index (κ3) is 3.10. The van der Waals surface area contributed by atoms with Gasteiger partial charge in [0.2, 0.25) is 6.79 Å². The summed E-state index contributed by atoms with van der Waals surface area (Å²) in [6.07, 6.45) is 3.50. The van der Waals surface area contributed by atoms with Crippen molar-refractivity contribution in [2.24, 2.45) is 0 Å². The monoisotopic (exact) mass is 351 g/mol. The fourth-order valence-electron chi connectivity index (χ4n) is 3.61. The van der Waals surface area contributed by atoms with Gasteiger partial charge in [0.25, 0.3) is 0 Å². The second-order valence-corrected chi connectivity index (χ2v) is 6.53. The predicted octanol–water partition coefficient (Wildman–Crippen LogP) is 3.20. The van der Waals surface area contributed by atoms with Crippen molar-refractivity contribution in [1.29, 1.82) is 0 Å². The number of morpholine rings is 1. The van der Waals surface area contributed by atoms with Crippen molar-refractivity contribution >= 4 is 29.5 Å². The first-order valence-electron chi connectivity index (χ1n) is 8.18. The minimum absolute atomic E-state index is 0. The number of benzene rings is 1. The second kappa shape index (κ2) is 6.65. The van der Waals surface area contributed by atoms with E-state index in [2.05, 4.69) is 24.8 Å². The van der Waals surface area contributed by atoms with Crippen LogP contribution in [0.5, 0.6) is 11.5 Å². The molecule has 6 heteroatoms. The van der Waals surface area contributed by atoms with Crippen LogP contribution in [0.3, 0.4) is 0 Å². The minimum atomic E-state index is 0. The summed E-state index contributed by atoms with van der Waals surface area (Å²) < 4.78 is 17.2. The van der Waals surface area contributed by atoms with Crippen LogP contribution in [-0.4, -0.2) is 37.9 Å². The van der Waals surface area contributed by atoms with Crippen LogP contribution in [0.25, 0.3) is 5.57 Å². The smallest absolute Gasteiger partial charge is 0.231 e. The van der Waals surface area contributed by atoms with Crippen molar-refractivity contribution in [3.8, 4) is 11.5 Å². The van der Waals surface area contributed by atoms with E-state index < -0.39 is 0 Å². The first kappa shape index (κ1) is 17.1. The normalized spacial score (nSPS) is 25.5. The zero-order chi connectivity index (χ0) is 16.0. The average Bonchev–Trinajstić information content (AvgIpc) is 3.13. The van der Waals surface area contributed by atoms with Gasteiger partial charge in [-0.15, -0.1) is 12.4 Å². The van der Waals surface area contributed by atoms with E-state index in [1.807, 2.05) is 6.07 Å². The number of hydrogen-bond acceptors (Lipinski definition) is 5. The second-order valence-electron chi connectivity index (χ2n) is 6.53. The molecule has 0 N–H and O–H groups in total. The number of carbonyl (C=O) groups is 1. The Hall–Kier alpha value is -1.72. The number of anilines is 1. The molecule has 1 aromatic carbocycles. The molecule has 130 valence electrons. The van der Waals surface area contributed by atoms with Crippen molar-refractivity contribution in [2.45, 2.75) is 38.9 Å². The van der Waals surface area contributed by atoms with Crippen LogP contribution in [0.15, 0.2) is 18.2 Å². The molecule has 0 radical (unpaired) electrons. The summed E-state index contributed by atoms with van der Waals surface area (Å²) in [4.78, 5) is 13.9. The lowest BCUT2D eigenvalue weighted by Gasteiger charge is -2.37. The highest BCUT2D eigenvalue weighted by molar-refractivity contribution is 6.02. The maximum absolute atomic E-state index is 11.6. The Kier molecular flexibility index (Phi) is 4.74. The van der Waals surface area contributed by atoms with Crippen molar-refractivity contribution in [1.82, 2.24) is 0 Å². The fraction of sp³-hybridized carbons (Fsp3) is 0.500. The van der Waals surface area contributed by atoms with Crippen LogP contribution in [0.2, 0.25) is 0 Å². The molecule has 0 aromatic heterocycles. The minimum Gasteiger partial charge on any atom is -0.453 e. The van der Waals surface area contributed by atoms with Gasteiger partial charge in [0.15, 0.2) is 17.3 Å². The molecular weight excluding hydrogens is 330 g/mol. The molecule has 0 saturated carbocycles. The summed E-state index contributed by atoms with van der Waals surface area (Å²) in [5.74, 6) is 1.78. The molecule has 1 fully saturated rings. The van der Waals surface area contributed by atoms with Gasteiger partial charge < -0.3 is 19.1 Å². The van der Waals surface area contributed by atoms with Crippen molar-refractivity contribution in [3.63, 3.8) is 0 Å². The van der Waals surface area contributed by atoms with Crippen molar-refractivity contribution < 1.29 is 19.0 Å². The zero-order valence-corrected chi connectivity index (χ0v) is 14.7. The van der Waals surface area contributed by atoms with Gasteiger partial charge in [0.05, 0.1) is 17.9 Å². The summed E-state index contributed by atoms with van der Waals surface area (Å²) in [5, 5.41) is 0. The molecule has 0 amide bonds. The number of rotatable bonds is 2. The van der Waals surface area contributed by atoms with Gasteiger partial charge in [-0.2, -0.15) is 0 Å². The number of halogens is 1. The van der Waals surface area contributed by atoms with Gasteiger partial charge >= 0.3 is 0 Å². The van der Waals surface area contributed by atoms with Gasteiger partial charge in [0, 0.05) is 19.5 Å². The maximum Gasteiger partial charge on any atom is 0.231 e. The lowest BCUT2D eigenvalue weighted by atomic mass is 10.0. The Balaban J connectivity index is 0.00000169. The third-order valence-electron chi connectivity index (χ3n) is 4.56. The van der Waals surface area contributed by atoms with Gasteiger partial charge in [-0.1, -0.05) is 0 Å². The van der Waals surface area contributed by atoms with E-state index in [-0.39, 0.29) is 37.2 Å². The highest BCUT2D eigenvalue weighted by Gasteiger charge is 2.29. The van der Waals surface area contributed by atoms with Crippen LogP contribution in [-0.2, 0) is 9.53 Å². The molecule has 2 atom stereocenters. The maximum atomic E-state index is 11.6. The first-order chi connectivity index (χ1) is 11.1. The van der Waals surface area contributed by atoms with E-state index in [9.17, 15) is 4.79 Å². The Morgan fingerprint density at radius 1 is 1.08 bits per heavy atom. The van der Waals surface area contributed by atoms with Crippen LogP contribution in [0.4, 0.5) is 5.69 Å². The Morgan fingerprint density at radius 2 is 1.83 bits per heavy atom. The van der Waals surface area contributed by atoms with E-state index in [1.165, 1.54) is 0 Å². The Bertz CT molecular complexity index is 678. The first-order valence-corrected chi connectivity index (χ1v) is 8.18. The summed E-state index contributed by atoms with van der Waals surface area (Å²) >= 11 is 0. The number of ketones is 1. The number of ether oxygens (including phenoxy) is 3. The van der Waals surface area contributed by atoms with Gasteiger partial charge in [-0.25, -0.2) is 0 Å². The molecule has 24 heavy (non-hydrogen) atoms. The van der Waals surface area contributed by atoms with Crippen LogP contribution in [0, 0.1) is 0 Å². The summed E-state index contributed by atoms with van der Waals surface area (Å²) in [7, 11) is 0. The standard InChI is InChI=1S/C18H21NO4.ClH/c1-11-8-19(9-12(2)23-11)16-6-14(13-3-4-15(20)5-13)7-17-18(16)22-10-21-17;/h5-7,11-12H,3-4,8-10H2,1-2H3;1H. The van der Waals surface area contributed by atoms with Crippen molar-refractivity contribution in [2.75, 3.05) is 24.8 Å². The van der Waals surface area contributed by atoms with E-state index in [0.717, 1.165) is 47.8 Å². The molecule has 5 nitrogen and oxygen atoms in total. The number of allylic oxidation sites excluding steroid dienone is 2. The quantitative estimate of drug-likeness (QED) is 0.819. The van der Waals surface area contributed by atoms with Gasteiger partial charge in [-0.3, -0.25) is 4.79 Å². The highest BCUT2D eigenvalue weighted by Crippen LogP contribution is 2.45. The molecule has 1 saturated heterocycles. The Morgan fingerprint density at radius 3 is 2.50 bits per heavy atom. The molecule has 3 aliphatic rings. The predicted molar refractivity (Wildman–Crippen MR) is 94.3 cm³/mol. The third-order valence-corrected chi connectivity index (χ3v) is 4.56. The molecule has 0 bridgehead atoms. The average molecular weight is 352 g/mol. The zero-order valence-electron chi connectivity index (χ0n) is 13.9. The summed E-state index contributed by atoms with van der Waals surface area (Å²) in [5.41, 5.74) is 3.18. The molecule has 2 unspecified atom stereocenters. The molecule has 0 spiro atoms. The largest absolute Gasteiger partial charge is 0.453 e.